The van der Waals surface area contributed by atoms with Crippen molar-refractivity contribution in [1.82, 2.24) is 0 Å². The average molecular weight is 287 g/mol. The highest BCUT2D eigenvalue weighted by Gasteiger charge is 2.03. The lowest BCUT2D eigenvalue weighted by Crippen LogP contribution is -2.20. The summed E-state index contributed by atoms with van der Waals surface area (Å²) in [5.41, 5.74) is 3.68. The summed E-state index contributed by atoms with van der Waals surface area (Å²) >= 11 is 5.56. The zero-order valence-electron chi connectivity index (χ0n) is 10.9. The van der Waals surface area contributed by atoms with E-state index < -0.39 is 6.10 Å². The maximum absolute atomic E-state index is 9.44. The highest BCUT2D eigenvalue weighted by molar-refractivity contribution is 6.18. The topological polar surface area (TPSA) is 56.0 Å². The molecule has 4 heteroatoms. The second-order valence-electron chi connectivity index (χ2n) is 4.46. The first-order chi connectivity index (χ1) is 9.72. The Morgan fingerprint density at radius 1 is 1.15 bits per heavy atom. The van der Waals surface area contributed by atoms with E-state index in [0.29, 0.717) is 12.1 Å². The van der Waals surface area contributed by atoms with E-state index in [0.717, 1.165) is 16.8 Å². The molecule has 0 saturated carbocycles. The fourth-order valence-corrected chi connectivity index (χ4v) is 1.95. The number of nitrogens with zero attached hydrogens (tertiary/aromatic N) is 1. The van der Waals surface area contributed by atoms with Gasteiger partial charge < -0.3 is 10.4 Å². The zero-order chi connectivity index (χ0) is 14.4. The number of nitriles is 1. The van der Waals surface area contributed by atoms with E-state index in [9.17, 15) is 5.11 Å². The van der Waals surface area contributed by atoms with Gasteiger partial charge in [-0.1, -0.05) is 24.3 Å². The van der Waals surface area contributed by atoms with Crippen molar-refractivity contribution in [2.24, 2.45) is 0 Å². The van der Waals surface area contributed by atoms with E-state index in [4.69, 9.17) is 16.9 Å². The lowest BCUT2D eigenvalue weighted by Gasteiger charge is -2.11. The molecule has 1 atom stereocenters. The van der Waals surface area contributed by atoms with Crippen molar-refractivity contribution < 1.29 is 5.11 Å². The van der Waals surface area contributed by atoms with Gasteiger partial charge in [-0.3, -0.25) is 0 Å². The summed E-state index contributed by atoms with van der Waals surface area (Å²) in [4.78, 5) is 0. The maximum Gasteiger partial charge on any atom is 0.0991 e. The number of benzene rings is 2. The van der Waals surface area contributed by atoms with Crippen LogP contribution in [0.3, 0.4) is 0 Å². The summed E-state index contributed by atoms with van der Waals surface area (Å²) in [7, 11) is 0. The van der Waals surface area contributed by atoms with Crippen LogP contribution in [0.1, 0.15) is 5.56 Å². The third-order valence-corrected chi connectivity index (χ3v) is 3.29. The lowest BCUT2D eigenvalue weighted by atomic mass is 10.0. The third-order valence-electron chi connectivity index (χ3n) is 2.93. The summed E-state index contributed by atoms with van der Waals surface area (Å²) in [6, 6.07) is 17.4. The molecule has 0 aliphatic rings. The van der Waals surface area contributed by atoms with Crippen molar-refractivity contribution in [2.45, 2.75) is 6.10 Å². The summed E-state index contributed by atoms with van der Waals surface area (Å²) in [5.74, 6) is 0.211. The van der Waals surface area contributed by atoms with E-state index >= 15 is 0 Å². The van der Waals surface area contributed by atoms with E-state index in [1.807, 2.05) is 36.4 Å². The van der Waals surface area contributed by atoms with Crippen LogP contribution < -0.4 is 5.32 Å². The van der Waals surface area contributed by atoms with Crippen LogP contribution in [-0.2, 0) is 0 Å². The Hall–Kier alpha value is -2.02. The van der Waals surface area contributed by atoms with Gasteiger partial charge in [0, 0.05) is 12.2 Å². The van der Waals surface area contributed by atoms with Gasteiger partial charge in [-0.15, -0.1) is 11.6 Å². The van der Waals surface area contributed by atoms with Gasteiger partial charge in [-0.25, -0.2) is 0 Å². The Balaban J connectivity index is 2.14. The van der Waals surface area contributed by atoms with Crippen LogP contribution in [-0.4, -0.2) is 23.6 Å². The SMILES string of the molecule is N#Cc1ccc(-c2cccc(NCC(O)CCl)c2)cc1. The minimum atomic E-state index is -0.560. The summed E-state index contributed by atoms with van der Waals surface area (Å²) in [6.07, 6.45) is -0.560. The lowest BCUT2D eigenvalue weighted by molar-refractivity contribution is 0.211. The van der Waals surface area contributed by atoms with Crippen molar-refractivity contribution in [2.75, 3.05) is 17.7 Å². The van der Waals surface area contributed by atoms with Gasteiger partial charge in [0.15, 0.2) is 0 Å². The fourth-order valence-electron chi connectivity index (χ4n) is 1.84. The molecule has 2 N–H and O–H groups in total. The van der Waals surface area contributed by atoms with Crippen molar-refractivity contribution >= 4 is 17.3 Å². The Labute approximate surface area is 123 Å². The average Bonchev–Trinajstić information content (AvgIpc) is 2.53. The highest BCUT2D eigenvalue weighted by atomic mass is 35.5. The van der Waals surface area contributed by atoms with Gasteiger partial charge in [0.2, 0.25) is 0 Å². The molecule has 3 nitrogen and oxygen atoms in total. The van der Waals surface area contributed by atoms with Crippen molar-refractivity contribution in [3.63, 3.8) is 0 Å². The number of hydrogen-bond donors (Lipinski definition) is 2. The molecule has 1 unspecified atom stereocenters. The number of nitrogens with one attached hydrogen (secondary N) is 1. The molecule has 102 valence electrons. The molecule has 0 amide bonds. The molecule has 2 rings (SSSR count). The molecule has 0 heterocycles. The molecule has 0 saturated heterocycles. The summed E-state index contributed by atoms with van der Waals surface area (Å²) in [6.45, 7) is 0.417. The van der Waals surface area contributed by atoms with Gasteiger partial charge >= 0.3 is 0 Å². The molecule has 0 fully saturated rings. The number of rotatable bonds is 5. The quantitative estimate of drug-likeness (QED) is 0.830. The van der Waals surface area contributed by atoms with Gasteiger partial charge in [0.25, 0.3) is 0 Å². The Bertz CT molecular complexity index is 605. The van der Waals surface area contributed by atoms with Gasteiger partial charge in [0.05, 0.1) is 23.6 Å². The molecule has 2 aromatic carbocycles. The summed E-state index contributed by atoms with van der Waals surface area (Å²) < 4.78 is 0. The smallest absolute Gasteiger partial charge is 0.0991 e. The minimum absolute atomic E-state index is 0.211. The monoisotopic (exact) mass is 286 g/mol. The first-order valence-electron chi connectivity index (χ1n) is 6.31. The molecular weight excluding hydrogens is 272 g/mol. The normalized spacial score (nSPS) is 11.7. The molecule has 0 aromatic heterocycles. The van der Waals surface area contributed by atoms with E-state index in [1.54, 1.807) is 12.1 Å². The predicted octanol–water partition coefficient (Wildman–Crippen LogP) is 3.24. The van der Waals surface area contributed by atoms with Crippen LogP contribution in [0.5, 0.6) is 0 Å². The molecule has 0 bridgehead atoms. The molecule has 2 aromatic rings. The van der Waals surface area contributed by atoms with Crippen LogP contribution >= 0.6 is 11.6 Å². The third kappa shape index (κ3) is 3.74. The zero-order valence-corrected chi connectivity index (χ0v) is 11.6. The Morgan fingerprint density at radius 2 is 1.90 bits per heavy atom. The number of hydrogen-bond acceptors (Lipinski definition) is 3. The maximum atomic E-state index is 9.44. The van der Waals surface area contributed by atoms with Gasteiger partial charge in [-0.2, -0.15) is 5.26 Å². The number of halogens is 1. The van der Waals surface area contributed by atoms with Crippen LogP contribution in [0.2, 0.25) is 0 Å². The number of anilines is 1. The van der Waals surface area contributed by atoms with Crippen molar-refractivity contribution in [3.05, 3.63) is 54.1 Å². The van der Waals surface area contributed by atoms with E-state index in [2.05, 4.69) is 11.4 Å². The van der Waals surface area contributed by atoms with Crippen molar-refractivity contribution in [3.8, 4) is 17.2 Å². The predicted molar refractivity (Wildman–Crippen MR) is 81.8 cm³/mol. The highest BCUT2D eigenvalue weighted by Crippen LogP contribution is 2.23. The Kier molecular flexibility index (Phi) is 5.00. The molecule has 0 radical (unpaired) electrons. The largest absolute Gasteiger partial charge is 0.390 e. The van der Waals surface area contributed by atoms with E-state index in [-0.39, 0.29) is 5.88 Å². The van der Waals surface area contributed by atoms with Gasteiger partial charge in [-0.05, 0) is 35.4 Å². The summed E-state index contributed by atoms with van der Waals surface area (Å²) in [5, 5.41) is 21.4. The molecule has 0 spiro atoms. The second-order valence-corrected chi connectivity index (χ2v) is 4.77. The Morgan fingerprint density at radius 3 is 2.55 bits per heavy atom. The first kappa shape index (κ1) is 14.4. The number of aliphatic hydroxyl groups excluding tert-OH is 1. The van der Waals surface area contributed by atoms with Gasteiger partial charge in [0.1, 0.15) is 0 Å². The number of alkyl halides is 1. The van der Waals surface area contributed by atoms with Crippen molar-refractivity contribution in [1.29, 1.82) is 5.26 Å². The molecular formula is C16H15ClN2O. The number of aliphatic hydroxyl groups is 1. The standard InChI is InChI=1S/C16H15ClN2O/c17-9-16(20)11-19-15-3-1-2-14(8-15)13-6-4-12(10-18)5-7-13/h1-8,16,19-20H,9,11H2. The molecule has 0 aliphatic heterocycles. The minimum Gasteiger partial charge on any atom is -0.390 e. The van der Waals surface area contributed by atoms with Crippen LogP contribution in [0, 0.1) is 11.3 Å². The molecule has 0 aliphatic carbocycles. The second kappa shape index (κ2) is 6.95. The fraction of sp³-hybridized carbons (Fsp3) is 0.188. The first-order valence-corrected chi connectivity index (χ1v) is 6.85. The van der Waals surface area contributed by atoms with Crippen LogP contribution in [0.25, 0.3) is 11.1 Å². The van der Waals surface area contributed by atoms with Crippen LogP contribution in [0.15, 0.2) is 48.5 Å². The molecule has 20 heavy (non-hydrogen) atoms. The van der Waals surface area contributed by atoms with Crippen LogP contribution in [0.4, 0.5) is 5.69 Å². The van der Waals surface area contributed by atoms with E-state index in [1.165, 1.54) is 0 Å².